The van der Waals surface area contributed by atoms with Gasteiger partial charge < -0.3 is 0 Å². The smallest absolute Gasteiger partial charge is 0.164 e. The molecule has 0 saturated heterocycles. The standard InChI is InChI=1S/C30H18Br2N4/c31-26-16-25(17-27(32)18-26)30-35-28(22-8-5-20(6-9-22)21-11-13-33-14-12-21)34-29(36-30)24-10-7-19-3-1-2-4-23(19)15-24/h1-18H. The Bertz CT molecular complexity index is 1680. The van der Waals surface area contributed by atoms with Gasteiger partial charge in [0.2, 0.25) is 0 Å². The summed E-state index contributed by atoms with van der Waals surface area (Å²) >= 11 is 7.18. The second kappa shape index (κ2) is 9.72. The molecule has 2 heterocycles. The van der Waals surface area contributed by atoms with Gasteiger partial charge in [0.15, 0.2) is 17.5 Å². The van der Waals surface area contributed by atoms with Crippen molar-refractivity contribution in [3.63, 3.8) is 0 Å². The van der Waals surface area contributed by atoms with Gasteiger partial charge in [0, 0.05) is 38.0 Å². The van der Waals surface area contributed by atoms with Crippen LogP contribution in [-0.4, -0.2) is 19.9 Å². The van der Waals surface area contributed by atoms with Crippen LogP contribution in [0.3, 0.4) is 0 Å². The van der Waals surface area contributed by atoms with Crippen LogP contribution in [0.4, 0.5) is 0 Å². The van der Waals surface area contributed by atoms with Crippen LogP contribution in [0.15, 0.2) is 118 Å². The minimum Gasteiger partial charge on any atom is -0.265 e. The molecule has 0 atom stereocenters. The highest BCUT2D eigenvalue weighted by molar-refractivity contribution is 9.11. The lowest BCUT2D eigenvalue weighted by molar-refractivity contribution is 1.07. The molecule has 0 unspecified atom stereocenters. The summed E-state index contributed by atoms with van der Waals surface area (Å²) in [6.45, 7) is 0. The van der Waals surface area contributed by atoms with Crippen LogP contribution >= 0.6 is 31.9 Å². The molecule has 6 aromatic rings. The number of nitrogens with zero attached hydrogens (tertiary/aromatic N) is 4. The first-order chi connectivity index (χ1) is 17.6. The normalized spacial score (nSPS) is 11.1. The van der Waals surface area contributed by atoms with Crippen molar-refractivity contribution in [2.24, 2.45) is 0 Å². The summed E-state index contributed by atoms with van der Waals surface area (Å²) in [5.74, 6) is 1.87. The summed E-state index contributed by atoms with van der Waals surface area (Å²) < 4.78 is 1.89. The van der Waals surface area contributed by atoms with Crippen molar-refractivity contribution in [2.45, 2.75) is 0 Å². The molecule has 0 amide bonds. The summed E-state index contributed by atoms with van der Waals surface area (Å²) in [7, 11) is 0. The summed E-state index contributed by atoms with van der Waals surface area (Å²) in [6, 6.07) is 32.9. The molecule has 0 saturated carbocycles. The maximum absolute atomic E-state index is 4.90. The third-order valence-corrected chi connectivity index (χ3v) is 6.84. The first-order valence-corrected chi connectivity index (χ1v) is 12.9. The Morgan fingerprint density at radius 1 is 0.417 bits per heavy atom. The molecular formula is C30H18Br2N4. The summed E-state index contributed by atoms with van der Waals surface area (Å²) in [5, 5.41) is 2.32. The minimum atomic E-state index is 0.614. The Hall–Kier alpha value is -3.74. The molecule has 2 aromatic heterocycles. The molecule has 4 aromatic carbocycles. The van der Waals surface area contributed by atoms with Crippen molar-refractivity contribution in [3.05, 3.63) is 118 Å². The number of rotatable bonds is 4. The fraction of sp³-hybridized carbons (Fsp3) is 0. The van der Waals surface area contributed by atoms with Crippen molar-refractivity contribution in [3.8, 4) is 45.3 Å². The van der Waals surface area contributed by atoms with Crippen molar-refractivity contribution in [1.29, 1.82) is 0 Å². The van der Waals surface area contributed by atoms with Crippen molar-refractivity contribution < 1.29 is 0 Å². The zero-order valence-electron chi connectivity index (χ0n) is 18.9. The number of benzene rings is 4. The van der Waals surface area contributed by atoms with Crippen LogP contribution in [0.5, 0.6) is 0 Å². The fourth-order valence-corrected chi connectivity index (χ4v) is 5.42. The zero-order chi connectivity index (χ0) is 24.5. The molecule has 6 rings (SSSR count). The minimum absolute atomic E-state index is 0.614. The third-order valence-electron chi connectivity index (χ3n) is 5.92. The Morgan fingerprint density at radius 3 is 1.64 bits per heavy atom. The molecule has 0 aliphatic carbocycles. The van der Waals surface area contributed by atoms with Crippen molar-refractivity contribution in [1.82, 2.24) is 19.9 Å². The van der Waals surface area contributed by atoms with Crippen LogP contribution in [0.25, 0.3) is 56.1 Å². The van der Waals surface area contributed by atoms with E-state index in [1.807, 2.05) is 42.5 Å². The van der Waals surface area contributed by atoms with E-state index in [1.54, 1.807) is 12.4 Å². The van der Waals surface area contributed by atoms with Gasteiger partial charge in [-0.1, -0.05) is 92.5 Å². The molecule has 0 fully saturated rings. The summed E-state index contributed by atoms with van der Waals surface area (Å²) in [6.07, 6.45) is 3.60. The largest absolute Gasteiger partial charge is 0.265 e. The lowest BCUT2D eigenvalue weighted by Gasteiger charge is -2.10. The second-order valence-corrected chi connectivity index (χ2v) is 10.2. The first-order valence-electron chi connectivity index (χ1n) is 11.3. The van der Waals surface area contributed by atoms with Gasteiger partial charge in [-0.3, -0.25) is 4.98 Å². The number of hydrogen-bond donors (Lipinski definition) is 0. The molecule has 6 heteroatoms. The molecule has 0 spiro atoms. The van der Waals surface area contributed by atoms with E-state index in [2.05, 4.69) is 91.4 Å². The quantitative estimate of drug-likeness (QED) is 0.205. The zero-order valence-corrected chi connectivity index (χ0v) is 22.1. The Kier molecular flexibility index (Phi) is 6.13. The first kappa shape index (κ1) is 22.7. The predicted molar refractivity (Wildman–Crippen MR) is 152 cm³/mol. The number of fused-ring (bicyclic) bond motifs is 1. The van der Waals surface area contributed by atoms with Crippen LogP contribution in [0.1, 0.15) is 0 Å². The molecule has 4 nitrogen and oxygen atoms in total. The second-order valence-electron chi connectivity index (χ2n) is 8.34. The molecule has 0 aliphatic rings. The van der Waals surface area contributed by atoms with Gasteiger partial charge in [-0.05, 0) is 58.3 Å². The van der Waals surface area contributed by atoms with E-state index in [1.165, 1.54) is 5.39 Å². The maximum atomic E-state index is 4.90. The van der Waals surface area contributed by atoms with Crippen LogP contribution in [0.2, 0.25) is 0 Å². The number of hydrogen-bond acceptors (Lipinski definition) is 4. The van der Waals surface area contributed by atoms with E-state index < -0.39 is 0 Å². The molecule has 0 aliphatic heterocycles. The molecule has 0 N–H and O–H groups in total. The van der Waals surface area contributed by atoms with E-state index in [4.69, 9.17) is 15.0 Å². The molecule has 36 heavy (non-hydrogen) atoms. The topological polar surface area (TPSA) is 51.6 Å². The van der Waals surface area contributed by atoms with Gasteiger partial charge in [0.1, 0.15) is 0 Å². The highest BCUT2D eigenvalue weighted by atomic mass is 79.9. The Labute approximate surface area is 225 Å². The van der Waals surface area contributed by atoms with Crippen LogP contribution in [0, 0.1) is 0 Å². The van der Waals surface area contributed by atoms with Gasteiger partial charge in [-0.2, -0.15) is 0 Å². The average Bonchev–Trinajstić information content (AvgIpc) is 2.92. The maximum Gasteiger partial charge on any atom is 0.164 e. The monoisotopic (exact) mass is 592 g/mol. The number of halogens is 2. The fourth-order valence-electron chi connectivity index (χ4n) is 4.13. The van der Waals surface area contributed by atoms with E-state index >= 15 is 0 Å². The SMILES string of the molecule is Brc1cc(Br)cc(-c2nc(-c3ccc(-c4ccncc4)cc3)nc(-c3ccc4ccccc4c3)n2)c1. The van der Waals surface area contributed by atoms with Gasteiger partial charge in [0.05, 0.1) is 0 Å². The van der Waals surface area contributed by atoms with Gasteiger partial charge >= 0.3 is 0 Å². The molecule has 0 radical (unpaired) electrons. The van der Waals surface area contributed by atoms with E-state index in [-0.39, 0.29) is 0 Å². The third kappa shape index (κ3) is 4.70. The number of pyridine rings is 1. The van der Waals surface area contributed by atoms with Crippen LogP contribution in [-0.2, 0) is 0 Å². The van der Waals surface area contributed by atoms with Gasteiger partial charge in [-0.25, -0.2) is 15.0 Å². The predicted octanol–water partition coefficient (Wildman–Crippen LogP) is 8.61. The average molecular weight is 594 g/mol. The van der Waals surface area contributed by atoms with E-state index in [9.17, 15) is 0 Å². The van der Waals surface area contributed by atoms with E-state index in [0.29, 0.717) is 17.5 Å². The van der Waals surface area contributed by atoms with Crippen LogP contribution < -0.4 is 0 Å². The van der Waals surface area contributed by atoms with Gasteiger partial charge in [0.25, 0.3) is 0 Å². The van der Waals surface area contributed by atoms with Crippen molar-refractivity contribution in [2.75, 3.05) is 0 Å². The highest BCUT2D eigenvalue weighted by Crippen LogP contribution is 2.30. The summed E-state index contributed by atoms with van der Waals surface area (Å²) in [5.41, 5.74) is 4.99. The number of aromatic nitrogens is 4. The lowest BCUT2D eigenvalue weighted by atomic mass is 10.0. The van der Waals surface area contributed by atoms with E-state index in [0.717, 1.165) is 42.1 Å². The molecule has 0 bridgehead atoms. The molecule has 172 valence electrons. The summed E-state index contributed by atoms with van der Waals surface area (Å²) in [4.78, 5) is 18.8. The Balaban J connectivity index is 1.50. The lowest BCUT2D eigenvalue weighted by Crippen LogP contribution is -2.00. The Morgan fingerprint density at radius 2 is 0.944 bits per heavy atom. The molecular weight excluding hydrogens is 576 g/mol. The highest BCUT2D eigenvalue weighted by Gasteiger charge is 2.14. The van der Waals surface area contributed by atoms with Crippen molar-refractivity contribution >= 4 is 42.6 Å². The van der Waals surface area contributed by atoms with Gasteiger partial charge in [-0.15, -0.1) is 0 Å².